The van der Waals surface area contributed by atoms with Gasteiger partial charge in [0.15, 0.2) is 0 Å². The highest BCUT2D eigenvalue weighted by Crippen LogP contribution is 2.23. The van der Waals surface area contributed by atoms with Gasteiger partial charge in [-0.15, -0.1) is 0 Å². The third-order valence-corrected chi connectivity index (χ3v) is 2.40. The molecule has 4 heteroatoms. The lowest BCUT2D eigenvalue weighted by Crippen LogP contribution is -2.33. The number of carbonyl (C=O) groups excluding carboxylic acids is 1. The van der Waals surface area contributed by atoms with Crippen LogP contribution in [0.2, 0.25) is 0 Å². The van der Waals surface area contributed by atoms with Gasteiger partial charge in [0.1, 0.15) is 0 Å². The summed E-state index contributed by atoms with van der Waals surface area (Å²) in [4.78, 5) is 11.5. The van der Waals surface area contributed by atoms with E-state index >= 15 is 0 Å². The Bertz CT molecular complexity index is 253. The Hall–Kier alpha value is -0.870. The van der Waals surface area contributed by atoms with Crippen molar-refractivity contribution >= 4 is 5.91 Å². The Labute approximate surface area is 97.7 Å². The van der Waals surface area contributed by atoms with Gasteiger partial charge in [0.25, 0.3) is 0 Å². The summed E-state index contributed by atoms with van der Waals surface area (Å²) in [6.45, 7) is 8.50. The number of methoxy groups -OCH3 is 1. The first-order valence-corrected chi connectivity index (χ1v) is 5.41. The molecule has 0 fully saturated rings. The van der Waals surface area contributed by atoms with Gasteiger partial charge in [-0.25, -0.2) is 0 Å². The fourth-order valence-corrected chi connectivity index (χ4v) is 0.934. The summed E-state index contributed by atoms with van der Waals surface area (Å²) in [5, 5.41) is 12.0. The Morgan fingerprint density at radius 2 is 2.06 bits per heavy atom. The van der Waals surface area contributed by atoms with Crippen LogP contribution in [0.25, 0.3) is 0 Å². The molecule has 0 aromatic heterocycles. The fourth-order valence-electron chi connectivity index (χ4n) is 0.934. The van der Waals surface area contributed by atoms with E-state index in [9.17, 15) is 9.90 Å². The predicted molar refractivity (Wildman–Crippen MR) is 64.1 cm³/mol. The van der Waals surface area contributed by atoms with E-state index < -0.39 is 6.10 Å². The van der Waals surface area contributed by atoms with E-state index in [-0.39, 0.29) is 24.5 Å². The Morgan fingerprint density at radius 1 is 1.50 bits per heavy atom. The van der Waals surface area contributed by atoms with Crippen molar-refractivity contribution in [1.29, 1.82) is 0 Å². The van der Waals surface area contributed by atoms with Crippen LogP contribution in [0.1, 0.15) is 27.7 Å². The molecule has 16 heavy (non-hydrogen) atoms. The number of aliphatic hydroxyl groups excluding tert-OH is 1. The van der Waals surface area contributed by atoms with Crippen LogP contribution in [0.5, 0.6) is 0 Å². The Balaban J connectivity index is 4.09. The molecule has 0 aromatic carbocycles. The highest BCUT2D eigenvalue weighted by Gasteiger charge is 2.14. The highest BCUT2D eigenvalue weighted by molar-refractivity contribution is 5.88. The van der Waals surface area contributed by atoms with Crippen LogP contribution >= 0.6 is 0 Å². The van der Waals surface area contributed by atoms with Crippen molar-refractivity contribution in [2.75, 3.05) is 20.3 Å². The van der Waals surface area contributed by atoms with Crippen molar-refractivity contribution < 1.29 is 14.6 Å². The van der Waals surface area contributed by atoms with Crippen molar-refractivity contribution in [1.82, 2.24) is 5.32 Å². The van der Waals surface area contributed by atoms with E-state index in [2.05, 4.69) is 5.32 Å². The molecule has 2 N–H and O–H groups in total. The minimum Gasteiger partial charge on any atom is -0.389 e. The SMILES string of the molecule is COCC(O)CNC(=O)/C=C(/C)C(C)(C)C. The van der Waals surface area contributed by atoms with Gasteiger partial charge in [-0.3, -0.25) is 4.79 Å². The molecule has 0 aromatic rings. The smallest absolute Gasteiger partial charge is 0.244 e. The second-order valence-corrected chi connectivity index (χ2v) is 4.93. The minimum absolute atomic E-state index is 0.0114. The molecule has 0 aliphatic heterocycles. The van der Waals surface area contributed by atoms with Gasteiger partial charge >= 0.3 is 0 Å². The number of allylic oxidation sites excluding steroid dienone is 1. The minimum atomic E-state index is -0.655. The molecular formula is C12H23NO3. The van der Waals surface area contributed by atoms with Gasteiger partial charge in [-0.2, -0.15) is 0 Å². The predicted octanol–water partition coefficient (Wildman–Crippen LogP) is 1.10. The second-order valence-electron chi connectivity index (χ2n) is 4.93. The molecule has 4 nitrogen and oxygen atoms in total. The maximum absolute atomic E-state index is 11.5. The van der Waals surface area contributed by atoms with Gasteiger partial charge < -0.3 is 15.2 Å². The number of hydrogen-bond donors (Lipinski definition) is 2. The van der Waals surface area contributed by atoms with Crippen LogP contribution in [-0.2, 0) is 9.53 Å². The first kappa shape index (κ1) is 15.1. The van der Waals surface area contributed by atoms with Crippen LogP contribution in [0.4, 0.5) is 0 Å². The maximum Gasteiger partial charge on any atom is 0.244 e. The third kappa shape index (κ3) is 6.58. The number of ether oxygens (including phenoxy) is 1. The highest BCUT2D eigenvalue weighted by atomic mass is 16.5. The molecule has 0 aliphatic rings. The lowest BCUT2D eigenvalue weighted by Gasteiger charge is -2.19. The second kappa shape index (κ2) is 6.66. The molecule has 0 saturated carbocycles. The van der Waals surface area contributed by atoms with Gasteiger partial charge in [-0.05, 0) is 12.3 Å². The zero-order valence-electron chi connectivity index (χ0n) is 10.8. The van der Waals surface area contributed by atoms with Crippen molar-refractivity contribution in [2.45, 2.75) is 33.8 Å². The molecule has 0 rings (SSSR count). The summed E-state index contributed by atoms with van der Waals surface area (Å²) in [5.74, 6) is -0.178. The van der Waals surface area contributed by atoms with Crippen molar-refractivity contribution in [3.63, 3.8) is 0 Å². The van der Waals surface area contributed by atoms with Crippen molar-refractivity contribution in [3.05, 3.63) is 11.6 Å². The molecule has 0 aliphatic carbocycles. The molecule has 0 heterocycles. The van der Waals surface area contributed by atoms with Crippen LogP contribution < -0.4 is 5.32 Å². The summed E-state index contributed by atoms with van der Waals surface area (Å²) >= 11 is 0. The summed E-state index contributed by atoms with van der Waals surface area (Å²) in [5.41, 5.74) is 0.994. The average Bonchev–Trinajstić information content (AvgIpc) is 2.13. The number of hydrogen-bond acceptors (Lipinski definition) is 3. The van der Waals surface area contributed by atoms with E-state index in [1.165, 1.54) is 7.11 Å². The van der Waals surface area contributed by atoms with E-state index in [1.807, 2.05) is 27.7 Å². The molecule has 0 saturated heterocycles. The Kier molecular flexibility index (Phi) is 6.29. The number of carbonyl (C=O) groups is 1. The number of aliphatic hydroxyl groups is 1. The lowest BCUT2D eigenvalue weighted by molar-refractivity contribution is -0.117. The summed E-state index contributed by atoms with van der Waals surface area (Å²) in [6.07, 6.45) is 0.914. The fraction of sp³-hybridized carbons (Fsp3) is 0.750. The van der Waals surface area contributed by atoms with Crippen molar-refractivity contribution in [2.24, 2.45) is 5.41 Å². The summed E-state index contributed by atoms with van der Waals surface area (Å²) < 4.78 is 4.75. The van der Waals surface area contributed by atoms with Crippen LogP contribution in [0.3, 0.4) is 0 Å². The molecule has 1 amide bonds. The zero-order valence-corrected chi connectivity index (χ0v) is 10.8. The third-order valence-electron chi connectivity index (χ3n) is 2.40. The quantitative estimate of drug-likeness (QED) is 0.694. The molecule has 1 unspecified atom stereocenters. The zero-order chi connectivity index (χ0) is 12.8. The Morgan fingerprint density at radius 3 is 2.50 bits per heavy atom. The van der Waals surface area contributed by atoms with Gasteiger partial charge in [0, 0.05) is 19.7 Å². The molecule has 0 bridgehead atoms. The van der Waals surface area contributed by atoms with E-state index in [0.717, 1.165) is 5.57 Å². The molecule has 0 radical (unpaired) electrons. The molecule has 94 valence electrons. The van der Waals surface area contributed by atoms with E-state index in [1.54, 1.807) is 6.08 Å². The topological polar surface area (TPSA) is 58.6 Å². The average molecular weight is 229 g/mol. The lowest BCUT2D eigenvalue weighted by atomic mass is 9.87. The monoisotopic (exact) mass is 229 g/mol. The van der Waals surface area contributed by atoms with E-state index in [0.29, 0.717) is 0 Å². The molecule has 1 atom stereocenters. The van der Waals surface area contributed by atoms with Crippen LogP contribution in [0.15, 0.2) is 11.6 Å². The largest absolute Gasteiger partial charge is 0.389 e. The number of amides is 1. The summed E-state index contributed by atoms with van der Waals surface area (Å²) in [6, 6.07) is 0. The van der Waals surface area contributed by atoms with Crippen molar-refractivity contribution in [3.8, 4) is 0 Å². The van der Waals surface area contributed by atoms with Crippen LogP contribution in [0, 0.1) is 5.41 Å². The standard InChI is InChI=1S/C12H23NO3/c1-9(12(2,3)4)6-11(15)13-7-10(14)8-16-5/h6,10,14H,7-8H2,1-5H3,(H,13,15)/b9-6-. The molecule has 0 spiro atoms. The number of nitrogens with one attached hydrogen (secondary N) is 1. The van der Waals surface area contributed by atoms with E-state index in [4.69, 9.17) is 4.74 Å². The van der Waals surface area contributed by atoms with Gasteiger partial charge in [0.05, 0.1) is 12.7 Å². The normalized spacial score (nSPS) is 14.8. The number of rotatable bonds is 5. The first-order chi connectivity index (χ1) is 7.27. The maximum atomic E-state index is 11.5. The van der Waals surface area contributed by atoms with Crippen LogP contribution in [-0.4, -0.2) is 37.4 Å². The first-order valence-electron chi connectivity index (χ1n) is 5.41. The summed E-state index contributed by atoms with van der Waals surface area (Å²) in [7, 11) is 1.51. The van der Waals surface area contributed by atoms with Gasteiger partial charge in [0.2, 0.25) is 5.91 Å². The van der Waals surface area contributed by atoms with Gasteiger partial charge in [-0.1, -0.05) is 26.3 Å². The molecular weight excluding hydrogens is 206 g/mol.